The molecule has 0 radical (unpaired) electrons. The molecule has 0 unspecified atom stereocenters. The smallest absolute Gasteiger partial charge is 0.154 e. The van der Waals surface area contributed by atoms with Crippen LogP contribution in [0.4, 0.5) is 0 Å². The van der Waals surface area contributed by atoms with Crippen LogP contribution in [0.3, 0.4) is 0 Å². The maximum absolute atomic E-state index is 4.93. The summed E-state index contributed by atoms with van der Waals surface area (Å²) in [5, 5.41) is 7.11. The normalized spacial score (nSPS) is 17.9. The molecule has 3 aromatic carbocycles. The van der Waals surface area contributed by atoms with Gasteiger partial charge in [0.15, 0.2) is 5.82 Å². The topological polar surface area (TPSA) is 33.2 Å². The van der Waals surface area contributed by atoms with Crippen LogP contribution in [-0.2, 0) is 6.54 Å². The second-order valence-electron chi connectivity index (χ2n) is 8.46. The number of aromatic nitrogens is 2. The largest absolute Gasteiger partial charge is 0.323 e. The van der Waals surface area contributed by atoms with Gasteiger partial charge in [-0.25, -0.2) is 4.98 Å². The molecular formula is C28H28N4. The van der Waals surface area contributed by atoms with Crippen molar-refractivity contribution in [2.24, 2.45) is 5.10 Å². The Morgan fingerprint density at radius 3 is 2.09 bits per heavy atom. The monoisotopic (exact) mass is 420 g/mol. The molecule has 0 aliphatic carbocycles. The molecule has 1 aliphatic heterocycles. The van der Waals surface area contributed by atoms with E-state index in [2.05, 4.69) is 103 Å². The molecule has 1 saturated heterocycles. The van der Waals surface area contributed by atoms with Crippen LogP contribution in [0.5, 0.6) is 0 Å². The number of imidazole rings is 1. The van der Waals surface area contributed by atoms with Crippen molar-refractivity contribution in [2.75, 3.05) is 0 Å². The van der Waals surface area contributed by atoms with Crippen molar-refractivity contribution in [3.05, 3.63) is 114 Å². The highest BCUT2D eigenvalue weighted by Gasteiger charge is 2.49. The van der Waals surface area contributed by atoms with Crippen molar-refractivity contribution in [2.45, 2.75) is 38.9 Å². The Hall–Kier alpha value is -3.66. The summed E-state index contributed by atoms with van der Waals surface area (Å²) in [7, 11) is 0. The van der Waals surface area contributed by atoms with Gasteiger partial charge in [-0.15, -0.1) is 6.58 Å². The van der Waals surface area contributed by atoms with Crippen molar-refractivity contribution >= 4 is 17.2 Å². The zero-order valence-corrected chi connectivity index (χ0v) is 18.6. The number of hydrazone groups is 1. The molecule has 1 aliphatic rings. The van der Waals surface area contributed by atoms with Gasteiger partial charge in [-0.2, -0.15) is 5.10 Å². The summed E-state index contributed by atoms with van der Waals surface area (Å²) in [6, 6.07) is 26.1. The van der Waals surface area contributed by atoms with Gasteiger partial charge >= 0.3 is 0 Å². The highest BCUT2D eigenvalue weighted by Crippen LogP contribution is 2.54. The Balaban J connectivity index is 1.51. The first kappa shape index (κ1) is 20.3. The maximum Gasteiger partial charge on any atom is 0.154 e. The molecule has 32 heavy (non-hydrogen) atoms. The summed E-state index contributed by atoms with van der Waals surface area (Å²) >= 11 is 0. The SMILES string of the molecule is C=CCCn1c(/C=N/N2[C@@H](c3ccccc3)[C@@H]2c2ccccc2)nc2cc(C)c(C)cc21. The van der Waals surface area contributed by atoms with Crippen molar-refractivity contribution in [1.82, 2.24) is 14.6 Å². The number of allylic oxidation sites excluding steroid dienone is 1. The fraction of sp³-hybridized carbons (Fsp3) is 0.214. The molecule has 2 atom stereocenters. The molecule has 4 aromatic rings. The number of aryl methyl sites for hydroxylation is 3. The van der Waals surface area contributed by atoms with Crippen molar-refractivity contribution in [1.29, 1.82) is 0 Å². The van der Waals surface area contributed by atoms with E-state index in [-0.39, 0.29) is 12.1 Å². The molecular weight excluding hydrogens is 392 g/mol. The lowest BCUT2D eigenvalue weighted by Crippen LogP contribution is -2.04. The lowest BCUT2D eigenvalue weighted by atomic mass is 10.0. The van der Waals surface area contributed by atoms with Crippen LogP contribution in [0.2, 0.25) is 0 Å². The van der Waals surface area contributed by atoms with E-state index < -0.39 is 0 Å². The van der Waals surface area contributed by atoms with Crippen LogP contribution in [0.1, 0.15) is 46.6 Å². The Bertz CT molecular complexity index is 1230. The first-order chi connectivity index (χ1) is 15.7. The van der Waals surface area contributed by atoms with Crippen LogP contribution >= 0.6 is 0 Å². The van der Waals surface area contributed by atoms with E-state index in [9.17, 15) is 0 Å². The maximum atomic E-state index is 4.93. The van der Waals surface area contributed by atoms with Crippen LogP contribution in [-0.4, -0.2) is 20.8 Å². The molecule has 1 fully saturated rings. The van der Waals surface area contributed by atoms with Gasteiger partial charge in [0, 0.05) is 6.54 Å². The minimum atomic E-state index is 0.241. The van der Waals surface area contributed by atoms with Crippen molar-refractivity contribution in [3.63, 3.8) is 0 Å². The van der Waals surface area contributed by atoms with Crippen molar-refractivity contribution < 1.29 is 0 Å². The number of hydrogen-bond acceptors (Lipinski definition) is 3. The zero-order valence-electron chi connectivity index (χ0n) is 18.6. The predicted octanol–water partition coefficient (Wildman–Crippen LogP) is 6.36. The molecule has 0 amide bonds. The van der Waals surface area contributed by atoms with E-state index >= 15 is 0 Å². The van der Waals surface area contributed by atoms with Gasteiger partial charge < -0.3 is 4.57 Å². The molecule has 5 rings (SSSR count). The molecule has 0 saturated carbocycles. The number of nitrogens with zero attached hydrogens (tertiary/aromatic N) is 4. The van der Waals surface area contributed by atoms with E-state index in [1.165, 1.54) is 22.3 Å². The van der Waals surface area contributed by atoms with Gasteiger partial charge in [0.05, 0.1) is 29.3 Å². The Morgan fingerprint density at radius 1 is 0.906 bits per heavy atom. The third kappa shape index (κ3) is 3.73. The summed E-state index contributed by atoms with van der Waals surface area (Å²) in [6.07, 6.45) is 4.77. The minimum Gasteiger partial charge on any atom is -0.323 e. The lowest BCUT2D eigenvalue weighted by molar-refractivity contribution is 0.523. The van der Waals surface area contributed by atoms with Crippen molar-refractivity contribution in [3.8, 4) is 0 Å². The van der Waals surface area contributed by atoms with E-state index in [0.29, 0.717) is 0 Å². The molecule has 0 spiro atoms. The summed E-state index contributed by atoms with van der Waals surface area (Å²) in [4.78, 5) is 4.92. The van der Waals surface area contributed by atoms with Gasteiger partial charge in [-0.3, -0.25) is 5.01 Å². The minimum absolute atomic E-state index is 0.241. The average Bonchev–Trinajstić information content (AvgIpc) is 3.46. The van der Waals surface area contributed by atoms with Crippen LogP contribution in [0, 0.1) is 13.8 Å². The third-order valence-electron chi connectivity index (χ3n) is 6.32. The summed E-state index contributed by atoms with van der Waals surface area (Å²) in [6.45, 7) is 9.02. The number of hydrogen-bond donors (Lipinski definition) is 0. The van der Waals surface area contributed by atoms with Gasteiger partial charge in [0.25, 0.3) is 0 Å². The number of rotatable bonds is 7. The van der Waals surface area contributed by atoms with E-state index in [1.54, 1.807) is 0 Å². The first-order valence-electron chi connectivity index (χ1n) is 11.2. The second-order valence-corrected chi connectivity index (χ2v) is 8.46. The Morgan fingerprint density at radius 2 is 1.50 bits per heavy atom. The fourth-order valence-electron chi connectivity index (χ4n) is 4.40. The van der Waals surface area contributed by atoms with Gasteiger partial charge in [0.1, 0.15) is 0 Å². The summed E-state index contributed by atoms with van der Waals surface area (Å²) in [5.41, 5.74) is 7.27. The van der Waals surface area contributed by atoms with Crippen LogP contribution < -0.4 is 0 Å². The average molecular weight is 421 g/mol. The molecule has 0 bridgehead atoms. The molecule has 4 heteroatoms. The zero-order chi connectivity index (χ0) is 22.1. The lowest BCUT2D eigenvalue weighted by Gasteiger charge is -2.06. The van der Waals surface area contributed by atoms with Crippen LogP contribution in [0.15, 0.2) is 90.6 Å². The van der Waals surface area contributed by atoms with E-state index in [4.69, 9.17) is 10.1 Å². The van der Waals surface area contributed by atoms with Gasteiger partial charge in [-0.1, -0.05) is 66.7 Å². The molecule has 2 heterocycles. The molecule has 4 nitrogen and oxygen atoms in total. The Labute approximate surface area is 189 Å². The summed E-state index contributed by atoms with van der Waals surface area (Å²) < 4.78 is 2.26. The van der Waals surface area contributed by atoms with E-state index in [0.717, 1.165) is 29.8 Å². The third-order valence-corrected chi connectivity index (χ3v) is 6.32. The number of fused-ring (bicyclic) bond motifs is 1. The molecule has 160 valence electrons. The quantitative estimate of drug-likeness (QED) is 0.198. The fourth-order valence-corrected chi connectivity index (χ4v) is 4.40. The highest BCUT2D eigenvalue weighted by molar-refractivity contribution is 5.86. The molecule has 1 aromatic heterocycles. The first-order valence-corrected chi connectivity index (χ1v) is 11.2. The highest BCUT2D eigenvalue weighted by atomic mass is 15.6. The van der Waals surface area contributed by atoms with E-state index in [1.807, 2.05) is 12.3 Å². The van der Waals surface area contributed by atoms with Gasteiger partial charge in [0.2, 0.25) is 0 Å². The Kier molecular flexibility index (Phi) is 5.36. The van der Waals surface area contributed by atoms with Gasteiger partial charge in [-0.05, 0) is 54.7 Å². The summed E-state index contributed by atoms with van der Waals surface area (Å²) in [5.74, 6) is 0.886. The van der Waals surface area contributed by atoms with Crippen LogP contribution in [0.25, 0.3) is 11.0 Å². The molecule has 0 N–H and O–H groups in total. The second kappa shape index (κ2) is 8.46. The predicted molar refractivity (Wildman–Crippen MR) is 132 cm³/mol. The number of benzene rings is 3. The standard InChI is InChI=1S/C28H28N4/c1-4-5-16-31-25-18-21(3)20(2)17-24(25)30-26(31)19-29-32-27(22-12-8-6-9-13-22)28(32)23-14-10-7-11-15-23/h4,6-15,17-19,27-28H,1,5,16H2,2-3H3/b29-19+/t27-,28-/m0/s1.